The quantitative estimate of drug-likeness (QED) is 0.590. The molecular formula is C20H21F2N3O3S2. The fourth-order valence-corrected chi connectivity index (χ4v) is 6.10. The molecule has 0 atom stereocenters. The van der Waals surface area contributed by atoms with Gasteiger partial charge in [0.1, 0.15) is 17.2 Å². The average molecular weight is 454 g/mol. The predicted octanol–water partition coefficient (Wildman–Crippen LogP) is 4.63. The van der Waals surface area contributed by atoms with Gasteiger partial charge in [0.15, 0.2) is 5.13 Å². The van der Waals surface area contributed by atoms with Gasteiger partial charge in [-0.05, 0) is 58.0 Å². The van der Waals surface area contributed by atoms with E-state index in [-0.39, 0.29) is 22.1 Å². The molecule has 0 saturated carbocycles. The largest absolute Gasteiger partial charge is 0.298 e. The highest BCUT2D eigenvalue weighted by Gasteiger charge is 2.30. The van der Waals surface area contributed by atoms with Crippen molar-refractivity contribution in [3.05, 3.63) is 53.6 Å². The van der Waals surface area contributed by atoms with Gasteiger partial charge in [-0.15, -0.1) is 0 Å². The second kappa shape index (κ2) is 8.37. The van der Waals surface area contributed by atoms with Gasteiger partial charge in [-0.3, -0.25) is 10.1 Å². The van der Waals surface area contributed by atoms with Crippen LogP contribution in [0.15, 0.2) is 41.3 Å². The number of anilines is 1. The zero-order valence-electron chi connectivity index (χ0n) is 16.8. The van der Waals surface area contributed by atoms with E-state index in [4.69, 9.17) is 0 Å². The Balaban J connectivity index is 1.94. The first kappa shape index (κ1) is 22.3. The SMILES string of the molecule is CC(C)N(C(C)C)S(=O)(=O)c1ccc2nc(NC(=O)c3c(F)cccc3F)sc2c1. The highest BCUT2D eigenvalue weighted by molar-refractivity contribution is 7.89. The van der Waals surface area contributed by atoms with Crippen LogP contribution in [0.5, 0.6) is 0 Å². The summed E-state index contributed by atoms with van der Waals surface area (Å²) in [6.07, 6.45) is 0. The number of halogens is 2. The molecule has 1 heterocycles. The van der Waals surface area contributed by atoms with E-state index in [0.29, 0.717) is 10.2 Å². The number of hydrogen-bond donors (Lipinski definition) is 1. The van der Waals surface area contributed by atoms with Crippen LogP contribution in [0.3, 0.4) is 0 Å². The second-order valence-corrected chi connectivity index (χ2v) is 10.1. The summed E-state index contributed by atoms with van der Waals surface area (Å²) in [5, 5.41) is 2.48. The summed E-state index contributed by atoms with van der Waals surface area (Å²) in [7, 11) is -3.73. The lowest BCUT2D eigenvalue weighted by molar-refractivity contribution is 0.101. The van der Waals surface area contributed by atoms with E-state index in [1.54, 1.807) is 27.7 Å². The highest BCUT2D eigenvalue weighted by atomic mass is 32.2. The zero-order chi connectivity index (χ0) is 22.2. The third-order valence-electron chi connectivity index (χ3n) is 4.36. The van der Waals surface area contributed by atoms with Crippen molar-refractivity contribution in [3.8, 4) is 0 Å². The van der Waals surface area contributed by atoms with Gasteiger partial charge < -0.3 is 0 Å². The second-order valence-electron chi connectivity index (χ2n) is 7.22. The Kier molecular flexibility index (Phi) is 6.21. The Hall–Kier alpha value is -2.43. The van der Waals surface area contributed by atoms with Crippen molar-refractivity contribution in [2.45, 2.75) is 44.7 Å². The monoisotopic (exact) mass is 453 g/mol. The van der Waals surface area contributed by atoms with Crippen LogP contribution in [0.2, 0.25) is 0 Å². The number of amides is 1. The smallest absolute Gasteiger partial charge is 0.263 e. The number of benzene rings is 2. The molecule has 0 aliphatic carbocycles. The number of aromatic nitrogens is 1. The highest BCUT2D eigenvalue weighted by Crippen LogP contribution is 2.30. The summed E-state index contributed by atoms with van der Waals surface area (Å²) in [4.78, 5) is 16.6. The molecule has 3 aromatic rings. The van der Waals surface area contributed by atoms with Gasteiger partial charge >= 0.3 is 0 Å². The minimum absolute atomic E-state index is 0.108. The Morgan fingerprint density at radius 2 is 1.67 bits per heavy atom. The topological polar surface area (TPSA) is 79.4 Å². The lowest BCUT2D eigenvalue weighted by Crippen LogP contribution is -2.41. The van der Waals surface area contributed by atoms with E-state index in [9.17, 15) is 22.0 Å². The summed E-state index contributed by atoms with van der Waals surface area (Å²) < 4.78 is 55.7. The fourth-order valence-electron chi connectivity index (χ4n) is 3.27. The maximum Gasteiger partial charge on any atom is 0.263 e. The molecule has 3 rings (SSSR count). The van der Waals surface area contributed by atoms with Gasteiger partial charge in [-0.2, -0.15) is 4.31 Å². The molecule has 30 heavy (non-hydrogen) atoms. The minimum Gasteiger partial charge on any atom is -0.298 e. The molecule has 160 valence electrons. The number of rotatable bonds is 6. The number of carbonyl (C=O) groups excluding carboxylic acids is 1. The van der Waals surface area contributed by atoms with Crippen molar-refractivity contribution < 1.29 is 22.0 Å². The fraction of sp³-hybridized carbons (Fsp3) is 0.300. The van der Waals surface area contributed by atoms with Crippen molar-refractivity contribution in [1.29, 1.82) is 0 Å². The Morgan fingerprint density at radius 3 is 2.23 bits per heavy atom. The first-order valence-electron chi connectivity index (χ1n) is 9.22. The summed E-state index contributed by atoms with van der Waals surface area (Å²) >= 11 is 1.02. The van der Waals surface area contributed by atoms with Crippen LogP contribution in [-0.2, 0) is 10.0 Å². The molecule has 0 aliphatic heterocycles. The first-order chi connectivity index (χ1) is 14.0. The molecule has 0 aliphatic rings. The molecule has 6 nitrogen and oxygen atoms in total. The van der Waals surface area contributed by atoms with Gasteiger partial charge in [-0.1, -0.05) is 17.4 Å². The summed E-state index contributed by atoms with van der Waals surface area (Å²) in [6, 6.07) is 7.17. The molecule has 0 spiro atoms. The van der Waals surface area contributed by atoms with Gasteiger partial charge in [-0.25, -0.2) is 22.2 Å². The van der Waals surface area contributed by atoms with Crippen molar-refractivity contribution in [3.63, 3.8) is 0 Å². The van der Waals surface area contributed by atoms with Crippen molar-refractivity contribution in [2.75, 3.05) is 5.32 Å². The molecule has 10 heteroatoms. The van der Waals surface area contributed by atoms with E-state index in [1.807, 2.05) is 0 Å². The van der Waals surface area contributed by atoms with Gasteiger partial charge in [0.2, 0.25) is 10.0 Å². The van der Waals surface area contributed by atoms with Gasteiger partial charge in [0, 0.05) is 12.1 Å². The van der Waals surface area contributed by atoms with E-state index >= 15 is 0 Å². The number of nitrogens with one attached hydrogen (secondary N) is 1. The lowest BCUT2D eigenvalue weighted by Gasteiger charge is -2.29. The Morgan fingerprint density at radius 1 is 1.07 bits per heavy atom. The van der Waals surface area contributed by atoms with E-state index in [0.717, 1.165) is 23.5 Å². The molecule has 0 saturated heterocycles. The van der Waals surface area contributed by atoms with Crippen LogP contribution in [0.4, 0.5) is 13.9 Å². The standard InChI is InChI=1S/C20H21F2N3O3S2/c1-11(2)25(12(3)4)30(27,28)13-8-9-16-17(10-13)29-20(23-16)24-19(26)18-14(21)6-5-7-15(18)22/h5-12H,1-4H3,(H,23,24,26). The molecule has 1 N–H and O–H groups in total. The summed E-state index contributed by atoms with van der Waals surface area (Å²) in [5.74, 6) is -2.93. The number of fused-ring (bicyclic) bond motifs is 1. The maximum atomic E-state index is 13.8. The number of sulfonamides is 1. The van der Waals surface area contributed by atoms with Crippen molar-refractivity contribution in [1.82, 2.24) is 9.29 Å². The van der Waals surface area contributed by atoms with Crippen LogP contribution in [0, 0.1) is 11.6 Å². The van der Waals surface area contributed by atoms with Gasteiger partial charge in [0.25, 0.3) is 5.91 Å². The normalized spacial score (nSPS) is 12.3. The number of nitrogens with zero attached hydrogens (tertiary/aromatic N) is 2. The van der Waals surface area contributed by atoms with Crippen LogP contribution >= 0.6 is 11.3 Å². The lowest BCUT2D eigenvalue weighted by atomic mass is 10.2. The van der Waals surface area contributed by atoms with Crippen molar-refractivity contribution in [2.24, 2.45) is 0 Å². The molecule has 0 unspecified atom stereocenters. The van der Waals surface area contributed by atoms with Crippen LogP contribution in [-0.4, -0.2) is 35.7 Å². The molecule has 0 radical (unpaired) electrons. The summed E-state index contributed by atoms with van der Waals surface area (Å²) in [6.45, 7) is 7.22. The van der Waals surface area contributed by atoms with E-state index in [2.05, 4.69) is 10.3 Å². The third kappa shape index (κ3) is 4.21. The third-order valence-corrected chi connectivity index (χ3v) is 7.55. The molecule has 1 amide bonds. The van der Waals surface area contributed by atoms with Crippen LogP contribution in [0.25, 0.3) is 10.2 Å². The number of thiazole rings is 1. The Labute approximate surface area is 177 Å². The predicted molar refractivity (Wildman–Crippen MR) is 113 cm³/mol. The van der Waals surface area contributed by atoms with Crippen LogP contribution < -0.4 is 5.32 Å². The summed E-state index contributed by atoms with van der Waals surface area (Å²) in [5.41, 5.74) is -0.242. The average Bonchev–Trinajstić information content (AvgIpc) is 3.01. The van der Waals surface area contributed by atoms with Crippen LogP contribution in [0.1, 0.15) is 38.1 Å². The number of carbonyl (C=O) groups is 1. The zero-order valence-corrected chi connectivity index (χ0v) is 18.4. The molecule has 0 fully saturated rings. The molecular weight excluding hydrogens is 432 g/mol. The minimum atomic E-state index is -3.73. The Bertz CT molecular complexity index is 1180. The van der Waals surface area contributed by atoms with Crippen molar-refractivity contribution >= 4 is 42.6 Å². The van der Waals surface area contributed by atoms with E-state index in [1.165, 1.54) is 28.6 Å². The molecule has 2 aromatic carbocycles. The van der Waals surface area contributed by atoms with Gasteiger partial charge in [0.05, 0.1) is 15.1 Å². The van der Waals surface area contributed by atoms with E-state index < -0.39 is 33.1 Å². The number of hydrogen-bond acceptors (Lipinski definition) is 5. The molecule has 1 aromatic heterocycles. The maximum absolute atomic E-state index is 13.8. The molecule has 0 bridgehead atoms. The first-order valence-corrected chi connectivity index (χ1v) is 11.5.